The molecule has 1 N–H and O–H groups in total. The molecule has 0 unspecified atom stereocenters. The lowest BCUT2D eigenvalue weighted by molar-refractivity contribution is 0.578. The van der Waals surface area contributed by atoms with E-state index < -0.39 is 9.84 Å². The van der Waals surface area contributed by atoms with Gasteiger partial charge < -0.3 is 5.32 Å². The maximum atomic E-state index is 11.6. The SMILES string of the molecule is CCCn1nccc1CNc1cc(S(C)(=O)=O)ccc1Cl. The van der Waals surface area contributed by atoms with Crippen LogP contribution in [-0.4, -0.2) is 24.5 Å². The van der Waals surface area contributed by atoms with Gasteiger partial charge in [-0.2, -0.15) is 5.10 Å². The highest BCUT2D eigenvalue weighted by atomic mass is 35.5. The zero-order valence-electron chi connectivity index (χ0n) is 12.0. The second kappa shape index (κ2) is 6.49. The molecule has 21 heavy (non-hydrogen) atoms. The molecule has 0 fully saturated rings. The largest absolute Gasteiger partial charge is 0.378 e. The molecule has 0 bridgehead atoms. The molecule has 1 aromatic carbocycles. The van der Waals surface area contributed by atoms with Crippen LogP contribution in [0, 0.1) is 0 Å². The van der Waals surface area contributed by atoms with E-state index in [-0.39, 0.29) is 4.90 Å². The van der Waals surface area contributed by atoms with Crippen molar-refractivity contribution >= 4 is 27.1 Å². The zero-order chi connectivity index (χ0) is 15.5. The number of hydrogen-bond acceptors (Lipinski definition) is 4. The Hall–Kier alpha value is -1.53. The van der Waals surface area contributed by atoms with Gasteiger partial charge in [0.1, 0.15) is 0 Å². The molecule has 0 spiro atoms. The summed E-state index contributed by atoms with van der Waals surface area (Å²) in [5.74, 6) is 0. The van der Waals surface area contributed by atoms with Crippen molar-refractivity contribution in [2.75, 3.05) is 11.6 Å². The van der Waals surface area contributed by atoms with Crippen LogP contribution in [0.3, 0.4) is 0 Å². The third-order valence-corrected chi connectivity index (χ3v) is 4.51. The number of aryl methyl sites for hydroxylation is 1. The molecule has 7 heteroatoms. The molecule has 5 nitrogen and oxygen atoms in total. The Kier molecular flexibility index (Phi) is 4.90. The first kappa shape index (κ1) is 15.9. The molecule has 0 atom stereocenters. The summed E-state index contributed by atoms with van der Waals surface area (Å²) in [7, 11) is -3.25. The van der Waals surface area contributed by atoms with Gasteiger partial charge >= 0.3 is 0 Å². The first-order valence-electron chi connectivity index (χ1n) is 6.66. The molecule has 0 aliphatic rings. The van der Waals surface area contributed by atoms with Crippen molar-refractivity contribution in [3.8, 4) is 0 Å². The molecular weight excluding hydrogens is 310 g/mol. The molecule has 0 saturated heterocycles. The lowest BCUT2D eigenvalue weighted by atomic mass is 10.3. The lowest BCUT2D eigenvalue weighted by Gasteiger charge is -2.11. The standard InChI is InChI=1S/C14H18ClN3O2S/c1-3-8-18-11(6-7-17-18)10-16-14-9-12(21(2,19)20)4-5-13(14)15/h4-7,9,16H,3,8,10H2,1-2H3. The van der Waals surface area contributed by atoms with E-state index in [0.717, 1.165) is 18.7 Å². The fourth-order valence-corrected chi connectivity index (χ4v) is 2.81. The number of hydrogen-bond donors (Lipinski definition) is 1. The number of aromatic nitrogens is 2. The van der Waals surface area contributed by atoms with Crippen molar-refractivity contribution in [2.45, 2.75) is 31.3 Å². The van der Waals surface area contributed by atoms with E-state index in [0.29, 0.717) is 17.3 Å². The Balaban J connectivity index is 2.18. The molecule has 0 saturated carbocycles. The second-order valence-corrected chi connectivity index (χ2v) is 7.24. The van der Waals surface area contributed by atoms with Crippen LogP contribution in [0.25, 0.3) is 0 Å². The number of anilines is 1. The van der Waals surface area contributed by atoms with Crippen LogP contribution in [0.2, 0.25) is 5.02 Å². The minimum atomic E-state index is -3.25. The number of nitrogens with zero attached hydrogens (tertiary/aromatic N) is 2. The first-order valence-corrected chi connectivity index (χ1v) is 8.93. The Labute approximate surface area is 129 Å². The Morgan fingerprint density at radius 1 is 1.33 bits per heavy atom. The van der Waals surface area contributed by atoms with E-state index in [1.165, 1.54) is 12.3 Å². The van der Waals surface area contributed by atoms with Crippen LogP contribution in [-0.2, 0) is 22.9 Å². The third kappa shape index (κ3) is 3.98. The number of sulfone groups is 1. The number of rotatable bonds is 6. The normalized spacial score (nSPS) is 11.6. The van der Waals surface area contributed by atoms with Gasteiger partial charge in [0.15, 0.2) is 9.84 Å². The molecular formula is C14H18ClN3O2S. The molecule has 2 rings (SSSR count). The summed E-state index contributed by atoms with van der Waals surface area (Å²) in [6, 6.07) is 6.57. The van der Waals surface area contributed by atoms with E-state index in [1.807, 2.05) is 10.7 Å². The average Bonchev–Trinajstić information content (AvgIpc) is 2.84. The summed E-state index contributed by atoms with van der Waals surface area (Å²) >= 11 is 6.11. The summed E-state index contributed by atoms with van der Waals surface area (Å²) in [4.78, 5) is 0.247. The predicted octanol–water partition coefficient (Wildman–Crippen LogP) is 2.96. The maximum absolute atomic E-state index is 11.6. The van der Waals surface area contributed by atoms with Crippen molar-refractivity contribution in [1.82, 2.24) is 9.78 Å². The van der Waals surface area contributed by atoms with Crippen LogP contribution in [0.5, 0.6) is 0 Å². The van der Waals surface area contributed by atoms with Crippen LogP contribution in [0.4, 0.5) is 5.69 Å². The van der Waals surface area contributed by atoms with Gasteiger partial charge in [-0.15, -0.1) is 0 Å². The summed E-state index contributed by atoms with van der Waals surface area (Å²) in [6.45, 7) is 3.47. The Morgan fingerprint density at radius 2 is 2.10 bits per heavy atom. The second-order valence-electron chi connectivity index (χ2n) is 4.81. The maximum Gasteiger partial charge on any atom is 0.175 e. The fourth-order valence-electron chi connectivity index (χ4n) is 1.98. The van der Waals surface area contributed by atoms with Crippen LogP contribution in [0.1, 0.15) is 19.0 Å². The summed E-state index contributed by atoms with van der Waals surface area (Å²) in [6.07, 6.45) is 3.93. The van der Waals surface area contributed by atoms with E-state index in [9.17, 15) is 8.42 Å². The Bertz CT molecular complexity index is 726. The zero-order valence-corrected chi connectivity index (χ0v) is 13.6. The molecule has 2 aromatic rings. The van der Waals surface area contributed by atoms with Gasteiger partial charge in [0.2, 0.25) is 0 Å². The minimum absolute atomic E-state index is 0.247. The molecule has 114 valence electrons. The molecule has 1 heterocycles. The summed E-state index contributed by atoms with van der Waals surface area (Å²) < 4.78 is 25.1. The van der Waals surface area contributed by atoms with Crippen molar-refractivity contribution in [2.24, 2.45) is 0 Å². The predicted molar refractivity (Wildman–Crippen MR) is 84.4 cm³/mol. The van der Waals surface area contributed by atoms with E-state index in [2.05, 4.69) is 17.3 Å². The van der Waals surface area contributed by atoms with Crippen LogP contribution in [0.15, 0.2) is 35.4 Å². The number of nitrogens with one attached hydrogen (secondary N) is 1. The van der Waals surface area contributed by atoms with Gasteiger partial charge in [-0.1, -0.05) is 18.5 Å². The van der Waals surface area contributed by atoms with Crippen LogP contribution >= 0.6 is 11.6 Å². The highest BCUT2D eigenvalue weighted by Crippen LogP contribution is 2.25. The quantitative estimate of drug-likeness (QED) is 0.886. The molecule has 0 aliphatic carbocycles. The summed E-state index contributed by atoms with van der Waals surface area (Å²) in [5, 5.41) is 7.90. The number of benzene rings is 1. The third-order valence-electron chi connectivity index (χ3n) is 3.07. The molecule has 0 aliphatic heterocycles. The van der Waals surface area contributed by atoms with Gasteiger partial charge in [0, 0.05) is 19.0 Å². The smallest absolute Gasteiger partial charge is 0.175 e. The van der Waals surface area contributed by atoms with Gasteiger partial charge in [0.05, 0.1) is 27.8 Å². The van der Waals surface area contributed by atoms with E-state index >= 15 is 0 Å². The van der Waals surface area contributed by atoms with Crippen molar-refractivity contribution < 1.29 is 8.42 Å². The van der Waals surface area contributed by atoms with Gasteiger partial charge in [-0.3, -0.25) is 4.68 Å². The highest BCUT2D eigenvalue weighted by Gasteiger charge is 2.10. The van der Waals surface area contributed by atoms with Gasteiger partial charge in [-0.05, 0) is 30.7 Å². The van der Waals surface area contributed by atoms with Gasteiger partial charge in [0.25, 0.3) is 0 Å². The number of halogens is 1. The van der Waals surface area contributed by atoms with Gasteiger partial charge in [-0.25, -0.2) is 8.42 Å². The molecule has 1 aromatic heterocycles. The molecule has 0 amide bonds. The topological polar surface area (TPSA) is 64.0 Å². The lowest BCUT2D eigenvalue weighted by Crippen LogP contribution is -2.09. The van der Waals surface area contributed by atoms with Crippen molar-refractivity contribution in [1.29, 1.82) is 0 Å². The average molecular weight is 328 g/mol. The fraction of sp³-hybridized carbons (Fsp3) is 0.357. The monoisotopic (exact) mass is 327 g/mol. The summed E-state index contributed by atoms with van der Waals surface area (Å²) in [5.41, 5.74) is 1.63. The highest BCUT2D eigenvalue weighted by molar-refractivity contribution is 7.90. The van der Waals surface area contributed by atoms with E-state index in [4.69, 9.17) is 11.6 Å². The van der Waals surface area contributed by atoms with Crippen molar-refractivity contribution in [3.05, 3.63) is 41.2 Å². The first-order chi connectivity index (χ1) is 9.91. The van der Waals surface area contributed by atoms with Crippen molar-refractivity contribution in [3.63, 3.8) is 0 Å². The van der Waals surface area contributed by atoms with E-state index in [1.54, 1.807) is 18.3 Å². The molecule has 0 radical (unpaired) electrons. The Morgan fingerprint density at radius 3 is 2.76 bits per heavy atom. The van der Waals surface area contributed by atoms with Crippen LogP contribution < -0.4 is 5.32 Å². The minimum Gasteiger partial charge on any atom is -0.378 e.